The van der Waals surface area contributed by atoms with Crippen molar-refractivity contribution in [3.8, 4) is 0 Å². The molecular formula is C15H28N2O3. The van der Waals surface area contributed by atoms with Crippen molar-refractivity contribution in [1.82, 2.24) is 10.6 Å². The van der Waals surface area contributed by atoms with E-state index in [4.69, 9.17) is 5.11 Å². The summed E-state index contributed by atoms with van der Waals surface area (Å²) < 4.78 is 0. The predicted molar refractivity (Wildman–Crippen MR) is 78.6 cm³/mol. The summed E-state index contributed by atoms with van der Waals surface area (Å²) in [4.78, 5) is 22.7. The van der Waals surface area contributed by atoms with Crippen LogP contribution in [0.2, 0.25) is 0 Å². The molecule has 0 radical (unpaired) electrons. The lowest BCUT2D eigenvalue weighted by atomic mass is 9.84. The molecule has 116 valence electrons. The van der Waals surface area contributed by atoms with Crippen molar-refractivity contribution in [2.75, 3.05) is 0 Å². The molecule has 0 aromatic rings. The van der Waals surface area contributed by atoms with Gasteiger partial charge in [-0.05, 0) is 37.5 Å². The zero-order valence-corrected chi connectivity index (χ0v) is 12.8. The minimum absolute atomic E-state index is 0.0341. The molecule has 1 unspecified atom stereocenters. The van der Waals surface area contributed by atoms with Gasteiger partial charge in [-0.25, -0.2) is 4.79 Å². The van der Waals surface area contributed by atoms with E-state index in [1.807, 2.05) is 13.8 Å². The Bertz CT molecular complexity index is 323. The summed E-state index contributed by atoms with van der Waals surface area (Å²) in [6.07, 6.45) is 5.57. The number of nitrogens with one attached hydrogen (secondary N) is 2. The van der Waals surface area contributed by atoms with Gasteiger partial charge in [-0.3, -0.25) is 4.79 Å². The van der Waals surface area contributed by atoms with Gasteiger partial charge in [0.2, 0.25) is 0 Å². The molecule has 0 aliphatic heterocycles. The smallest absolute Gasteiger partial charge is 0.315 e. The maximum absolute atomic E-state index is 11.9. The van der Waals surface area contributed by atoms with E-state index >= 15 is 0 Å². The molecule has 0 bridgehead atoms. The lowest BCUT2D eigenvalue weighted by Crippen LogP contribution is -2.49. The maximum Gasteiger partial charge on any atom is 0.315 e. The predicted octanol–water partition coefficient (Wildman–Crippen LogP) is 2.75. The zero-order chi connectivity index (χ0) is 15.1. The summed E-state index contributed by atoms with van der Waals surface area (Å²) in [5.41, 5.74) is 0. The Kier molecular flexibility index (Phi) is 6.82. The Labute approximate surface area is 121 Å². The fourth-order valence-electron chi connectivity index (χ4n) is 2.75. The fourth-order valence-corrected chi connectivity index (χ4v) is 2.75. The molecule has 0 aromatic carbocycles. The minimum Gasteiger partial charge on any atom is -0.481 e. The van der Waals surface area contributed by atoms with Gasteiger partial charge in [0.15, 0.2) is 0 Å². The van der Waals surface area contributed by atoms with E-state index in [0.717, 1.165) is 18.8 Å². The molecule has 1 fully saturated rings. The van der Waals surface area contributed by atoms with Crippen molar-refractivity contribution in [1.29, 1.82) is 0 Å². The fraction of sp³-hybridized carbons (Fsp3) is 0.867. The quantitative estimate of drug-likeness (QED) is 0.701. The van der Waals surface area contributed by atoms with Crippen molar-refractivity contribution in [3.05, 3.63) is 0 Å². The van der Waals surface area contributed by atoms with Crippen molar-refractivity contribution in [2.24, 2.45) is 11.8 Å². The Morgan fingerprint density at radius 3 is 2.25 bits per heavy atom. The van der Waals surface area contributed by atoms with Crippen LogP contribution in [0.5, 0.6) is 0 Å². The molecule has 1 saturated carbocycles. The third-order valence-corrected chi connectivity index (χ3v) is 4.28. The lowest BCUT2D eigenvalue weighted by Gasteiger charge is -2.29. The van der Waals surface area contributed by atoms with Crippen LogP contribution in [0.1, 0.15) is 59.3 Å². The standard InChI is InChI=1S/C15H28N2O3/c1-4-11-5-7-12(8-6-11)16-15(20)17-13(10(2)3)9-14(18)19/h10-13H,4-9H2,1-3H3,(H,18,19)(H2,16,17,20). The number of hydrogen-bond donors (Lipinski definition) is 3. The summed E-state index contributed by atoms with van der Waals surface area (Å²) in [7, 11) is 0. The van der Waals surface area contributed by atoms with E-state index in [-0.39, 0.29) is 30.5 Å². The lowest BCUT2D eigenvalue weighted by molar-refractivity contribution is -0.137. The molecule has 20 heavy (non-hydrogen) atoms. The Morgan fingerprint density at radius 1 is 1.20 bits per heavy atom. The van der Waals surface area contributed by atoms with Crippen LogP contribution in [0.25, 0.3) is 0 Å². The minimum atomic E-state index is -0.882. The number of carboxylic acids is 1. The second kappa shape index (κ2) is 8.12. The van der Waals surface area contributed by atoms with E-state index in [1.54, 1.807) is 0 Å². The summed E-state index contributed by atoms with van der Waals surface area (Å²) in [5, 5.41) is 14.6. The van der Waals surface area contributed by atoms with Gasteiger partial charge in [-0.1, -0.05) is 27.2 Å². The molecule has 1 atom stereocenters. The van der Waals surface area contributed by atoms with E-state index in [1.165, 1.54) is 19.3 Å². The summed E-state index contributed by atoms with van der Waals surface area (Å²) >= 11 is 0. The second-order valence-electron chi connectivity index (χ2n) is 6.19. The van der Waals surface area contributed by atoms with Crippen LogP contribution in [0.3, 0.4) is 0 Å². The molecule has 0 heterocycles. The third-order valence-electron chi connectivity index (χ3n) is 4.28. The number of hydrogen-bond acceptors (Lipinski definition) is 2. The Balaban J connectivity index is 2.36. The van der Waals surface area contributed by atoms with Crippen LogP contribution in [-0.2, 0) is 4.79 Å². The first-order valence-electron chi connectivity index (χ1n) is 7.71. The molecule has 1 aliphatic rings. The van der Waals surface area contributed by atoms with Crippen molar-refractivity contribution < 1.29 is 14.7 Å². The summed E-state index contributed by atoms with van der Waals surface area (Å²) in [6.45, 7) is 6.05. The van der Waals surface area contributed by atoms with Crippen molar-refractivity contribution in [3.63, 3.8) is 0 Å². The van der Waals surface area contributed by atoms with Crippen LogP contribution in [-0.4, -0.2) is 29.2 Å². The highest BCUT2D eigenvalue weighted by atomic mass is 16.4. The molecule has 2 amide bonds. The highest BCUT2D eigenvalue weighted by molar-refractivity contribution is 5.76. The third kappa shape index (κ3) is 5.80. The number of amides is 2. The molecule has 1 rings (SSSR count). The molecule has 5 heteroatoms. The Morgan fingerprint density at radius 2 is 1.80 bits per heavy atom. The zero-order valence-electron chi connectivity index (χ0n) is 12.8. The van der Waals surface area contributed by atoms with Crippen LogP contribution in [0.15, 0.2) is 0 Å². The number of carbonyl (C=O) groups is 2. The van der Waals surface area contributed by atoms with Crippen LogP contribution >= 0.6 is 0 Å². The van der Waals surface area contributed by atoms with Gasteiger partial charge in [0.1, 0.15) is 0 Å². The molecule has 0 spiro atoms. The van der Waals surface area contributed by atoms with Crippen LogP contribution in [0, 0.1) is 11.8 Å². The van der Waals surface area contributed by atoms with Crippen molar-refractivity contribution >= 4 is 12.0 Å². The van der Waals surface area contributed by atoms with Gasteiger partial charge in [0, 0.05) is 12.1 Å². The molecule has 0 aromatic heterocycles. The highest BCUT2D eigenvalue weighted by Crippen LogP contribution is 2.26. The number of aliphatic carboxylic acids is 1. The van der Waals surface area contributed by atoms with Crippen LogP contribution < -0.4 is 10.6 Å². The second-order valence-corrected chi connectivity index (χ2v) is 6.19. The van der Waals surface area contributed by atoms with E-state index in [2.05, 4.69) is 17.6 Å². The summed E-state index contributed by atoms with van der Waals surface area (Å²) in [5.74, 6) is 0.0201. The maximum atomic E-state index is 11.9. The highest BCUT2D eigenvalue weighted by Gasteiger charge is 2.23. The number of urea groups is 1. The first kappa shape index (κ1) is 16.8. The topological polar surface area (TPSA) is 78.4 Å². The molecule has 3 N–H and O–H groups in total. The van der Waals surface area contributed by atoms with E-state index in [9.17, 15) is 9.59 Å². The van der Waals surface area contributed by atoms with E-state index in [0.29, 0.717) is 0 Å². The van der Waals surface area contributed by atoms with Gasteiger partial charge in [0.05, 0.1) is 6.42 Å². The number of carbonyl (C=O) groups excluding carboxylic acids is 1. The number of carboxylic acid groups (broad SMARTS) is 1. The van der Waals surface area contributed by atoms with Crippen LogP contribution in [0.4, 0.5) is 4.79 Å². The van der Waals surface area contributed by atoms with E-state index < -0.39 is 5.97 Å². The van der Waals surface area contributed by atoms with Gasteiger partial charge in [-0.15, -0.1) is 0 Å². The Hall–Kier alpha value is -1.26. The molecular weight excluding hydrogens is 256 g/mol. The van der Waals surface area contributed by atoms with Crippen molar-refractivity contribution in [2.45, 2.75) is 71.4 Å². The first-order valence-corrected chi connectivity index (χ1v) is 7.71. The molecule has 5 nitrogen and oxygen atoms in total. The SMILES string of the molecule is CCC1CCC(NC(=O)NC(CC(=O)O)C(C)C)CC1. The monoisotopic (exact) mass is 284 g/mol. The van der Waals surface area contributed by atoms with Gasteiger partial charge in [0.25, 0.3) is 0 Å². The average molecular weight is 284 g/mol. The molecule has 0 saturated heterocycles. The average Bonchev–Trinajstić information content (AvgIpc) is 2.38. The first-order chi connectivity index (χ1) is 9.42. The largest absolute Gasteiger partial charge is 0.481 e. The normalized spacial score (nSPS) is 24.2. The van der Waals surface area contributed by atoms with Gasteiger partial charge in [-0.2, -0.15) is 0 Å². The number of rotatable bonds is 6. The molecule has 1 aliphatic carbocycles. The van der Waals surface area contributed by atoms with Gasteiger partial charge < -0.3 is 15.7 Å². The van der Waals surface area contributed by atoms with Gasteiger partial charge >= 0.3 is 12.0 Å². The summed E-state index contributed by atoms with van der Waals surface area (Å²) in [6, 6.07) is -0.320.